The summed E-state index contributed by atoms with van der Waals surface area (Å²) >= 11 is 0. The highest BCUT2D eigenvalue weighted by Gasteiger charge is 2.12. The molecular formula is C21H28N6O2. The number of fused-ring (bicyclic) bond motifs is 1. The average Bonchev–Trinajstić information content (AvgIpc) is 3.13. The molecule has 1 amide bonds. The molecule has 0 spiro atoms. The molecular weight excluding hydrogens is 368 g/mol. The van der Waals surface area contributed by atoms with Crippen molar-refractivity contribution in [1.82, 2.24) is 24.8 Å². The molecule has 8 heteroatoms. The van der Waals surface area contributed by atoms with Gasteiger partial charge in [-0.15, -0.1) is 0 Å². The van der Waals surface area contributed by atoms with Gasteiger partial charge in [0.2, 0.25) is 0 Å². The van der Waals surface area contributed by atoms with Gasteiger partial charge in [0, 0.05) is 24.5 Å². The van der Waals surface area contributed by atoms with E-state index in [0.29, 0.717) is 18.7 Å². The Morgan fingerprint density at radius 1 is 1.24 bits per heavy atom. The van der Waals surface area contributed by atoms with E-state index in [9.17, 15) is 9.90 Å². The second kappa shape index (κ2) is 9.38. The van der Waals surface area contributed by atoms with E-state index in [-0.39, 0.29) is 11.7 Å². The summed E-state index contributed by atoms with van der Waals surface area (Å²) in [5, 5.41) is 20.3. The Labute approximate surface area is 170 Å². The van der Waals surface area contributed by atoms with E-state index < -0.39 is 0 Å². The fraction of sp³-hybridized carbons (Fsp3) is 0.381. The molecule has 3 N–H and O–H groups in total. The fourth-order valence-corrected chi connectivity index (χ4v) is 3.00. The Bertz CT molecular complexity index is 982. The number of aryl methyl sites for hydroxylation is 1. The maximum Gasteiger partial charge on any atom is 0.252 e. The Kier molecular flexibility index (Phi) is 6.66. The van der Waals surface area contributed by atoms with Crippen LogP contribution in [0.5, 0.6) is 5.75 Å². The zero-order chi connectivity index (χ0) is 20.8. The first-order valence-electron chi connectivity index (χ1n) is 9.72. The van der Waals surface area contributed by atoms with Gasteiger partial charge in [-0.2, -0.15) is 5.10 Å². The number of nitrogens with one attached hydrogen (secondary N) is 2. The number of hydrogen-bond donors (Lipinski definition) is 3. The number of phenolic OH excluding ortho intramolecular Hbond substituents is 1. The minimum Gasteiger partial charge on any atom is -0.508 e. The monoisotopic (exact) mass is 396 g/mol. The molecule has 3 rings (SSSR count). The van der Waals surface area contributed by atoms with Crippen molar-refractivity contribution >= 4 is 17.1 Å². The Morgan fingerprint density at radius 3 is 2.83 bits per heavy atom. The van der Waals surface area contributed by atoms with E-state index in [1.807, 2.05) is 33.2 Å². The van der Waals surface area contributed by atoms with Crippen LogP contribution < -0.4 is 10.6 Å². The topological polar surface area (TPSA) is 94.8 Å². The molecule has 0 radical (unpaired) electrons. The number of rotatable bonds is 9. The summed E-state index contributed by atoms with van der Waals surface area (Å²) in [6.07, 6.45) is 5.17. The summed E-state index contributed by atoms with van der Waals surface area (Å²) in [7, 11) is 4.08. The van der Waals surface area contributed by atoms with Crippen molar-refractivity contribution in [3.05, 3.63) is 53.6 Å². The lowest BCUT2D eigenvalue weighted by atomic mass is 10.2. The molecule has 0 aliphatic carbocycles. The quantitative estimate of drug-likeness (QED) is 0.481. The first kappa shape index (κ1) is 20.6. The molecule has 8 nitrogen and oxygen atoms in total. The van der Waals surface area contributed by atoms with Crippen molar-refractivity contribution in [2.45, 2.75) is 26.3 Å². The van der Waals surface area contributed by atoms with Crippen LogP contribution in [0.25, 0.3) is 5.52 Å². The van der Waals surface area contributed by atoms with Crippen LogP contribution in [0.1, 0.15) is 34.5 Å². The molecule has 0 atom stereocenters. The number of hydrogen-bond acceptors (Lipinski definition) is 6. The van der Waals surface area contributed by atoms with Crippen molar-refractivity contribution in [3.63, 3.8) is 0 Å². The van der Waals surface area contributed by atoms with Crippen molar-refractivity contribution in [2.75, 3.05) is 32.5 Å². The van der Waals surface area contributed by atoms with Gasteiger partial charge in [0.05, 0.1) is 23.3 Å². The smallest absolute Gasteiger partial charge is 0.252 e. The number of aromatic nitrogens is 3. The third-order valence-corrected chi connectivity index (χ3v) is 4.73. The van der Waals surface area contributed by atoms with Crippen molar-refractivity contribution in [2.24, 2.45) is 0 Å². The van der Waals surface area contributed by atoms with E-state index in [4.69, 9.17) is 0 Å². The lowest BCUT2D eigenvalue weighted by Crippen LogP contribution is -2.24. The first-order valence-corrected chi connectivity index (χ1v) is 9.72. The number of carbonyl (C=O) groups excluding carboxylic acids is 1. The molecule has 2 aromatic heterocycles. The van der Waals surface area contributed by atoms with E-state index in [2.05, 4.69) is 25.6 Å². The van der Waals surface area contributed by atoms with Crippen LogP contribution in [-0.4, -0.2) is 57.7 Å². The van der Waals surface area contributed by atoms with Crippen molar-refractivity contribution in [1.29, 1.82) is 0 Å². The Hall–Kier alpha value is -3.13. The number of benzene rings is 1. The molecule has 0 aliphatic heterocycles. The summed E-state index contributed by atoms with van der Waals surface area (Å²) in [5.74, 6) is 0.137. The number of aromatic hydroxyl groups is 1. The van der Waals surface area contributed by atoms with Crippen LogP contribution in [0, 0.1) is 6.92 Å². The van der Waals surface area contributed by atoms with Gasteiger partial charge in [-0.1, -0.05) is 6.07 Å². The summed E-state index contributed by atoms with van der Waals surface area (Å²) in [4.78, 5) is 18.9. The highest BCUT2D eigenvalue weighted by molar-refractivity contribution is 5.95. The van der Waals surface area contributed by atoms with Gasteiger partial charge < -0.3 is 20.6 Å². The molecule has 0 aliphatic rings. The lowest BCUT2D eigenvalue weighted by Gasteiger charge is -2.09. The molecule has 2 heterocycles. The fourth-order valence-electron chi connectivity index (χ4n) is 3.00. The number of anilines is 1. The molecule has 3 aromatic rings. The standard InChI is InChI=1S/C21H28N6O2/c1-15-6-7-17(11-20(15)28)23-12-18-19-10-16(13-27(19)25-14-24-18)21(29)22-8-4-5-9-26(2)3/h6-7,10-11,13-14,23,28H,4-5,8-9,12H2,1-3H3,(H,22,29). The van der Waals surface area contributed by atoms with Crippen LogP contribution in [0.15, 0.2) is 36.8 Å². The number of unbranched alkanes of at least 4 members (excludes halogenated alkanes) is 1. The highest BCUT2D eigenvalue weighted by Crippen LogP contribution is 2.21. The summed E-state index contributed by atoms with van der Waals surface area (Å²) < 4.78 is 1.66. The molecule has 0 saturated carbocycles. The Balaban J connectivity index is 1.63. The van der Waals surface area contributed by atoms with Gasteiger partial charge >= 0.3 is 0 Å². The second-order valence-electron chi connectivity index (χ2n) is 7.39. The minimum absolute atomic E-state index is 0.109. The maximum absolute atomic E-state index is 12.4. The lowest BCUT2D eigenvalue weighted by molar-refractivity contribution is 0.0953. The van der Waals surface area contributed by atoms with Gasteiger partial charge in [-0.25, -0.2) is 9.50 Å². The van der Waals surface area contributed by atoms with Crippen LogP contribution in [-0.2, 0) is 6.54 Å². The first-order chi connectivity index (χ1) is 13.9. The molecule has 29 heavy (non-hydrogen) atoms. The van der Waals surface area contributed by atoms with E-state index in [1.54, 1.807) is 22.8 Å². The molecule has 0 bridgehead atoms. The largest absolute Gasteiger partial charge is 0.508 e. The molecule has 154 valence electrons. The highest BCUT2D eigenvalue weighted by atomic mass is 16.3. The average molecular weight is 396 g/mol. The number of phenols is 1. The zero-order valence-corrected chi connectivity index (χ0v) is 17.1. The normalized spacial score (nSPS) is 11.2. The van der Waals surface area contributed by atoms with Gasteiger partial charge in [-0.3, -0.25) is 4.79 Å². The summed E-state index contributed by atoms with van der Waals surface area (Å²) in [6, 6.07) is 7.24. The van der Waals surface area contributed by atoms with Crippen LogP contribution >= 0.6 is 0 Å². The number of nitrogens with zero attached hydrogens (tertiary/aromatic N) is 4. The summed E-state index contributed by atoms with van der Waals surface area (Å²) in [5.41, 5.74) is 3.72. The van der Waals surface area contributed by atoms with Gasteiger partial charge in [-0.05, 0) is 58.1 Å². The third-order valence-electron chi connectivity index (χ3n) is 4.73. The SMILES string of the molecule is Cc1ccc(NCc2ncnn3cc(C(=O)NCCCCN(C)C)cc23)cc1O. The van der Waals surface area contributed by atoms with Gasteiger partial charge in [0.15, 0.2) is 0 Å². The molecule has 1 aromatic carbocycles. The van der Waals surface area contributed by atoms with Crippen LogP contribution in [0.2, 0.25) is 0 Å². The van der Waals surface area contributed by atoms with E-state index in [1.165, 1.54) is 6.33 Å². The predicted molar refractivity (Wildman–Crippen MR) is 113 cm³/mol. The van der Waals surface area contributed by atoms with E-state index >= 15 is 0 Å². The predicted octanol–water partition coefficient (Wildman–Crippen LogP) is 2.43. The second-order valence-corrected chi connectivity index (χ2v) is 7.39. The Morgan fingerprint density at radius 2 is 2.07 bits per heavy atom. The minimum atomic E-state index is -0.109. The van der Waals surface area contributed by atoms with Crippen molar-refractivity contribution in [3.8, 4) is 5.75 Å². The van der Waals surface area contributed by atoms with E-state index in [0.717, 1.165) is 41.8 Å². The molecule has 0 fully saturated rings. The van der Waals surface area contributed by atoms with Crippen LogP contribution in [0.3, 0.4) is 0 Å². The molecule has 0 saturated heterocycles. The third kappa shape index (κ3) is 5.45. The van der Waals surface area contributed by atoms with Crippen molar-refractivity contribution < 1.29 is 9.90 Å². The zero-order valence-electron chi connectivity index (χ0n) is 17.1. The van der Waals surface area contributed by atoms with Gasteiger partial charge in [0.1, 0.15) is 12.1 Å². The maximum atomic E-state index is 12.4. The summed E-state index contributed by atoms with van der Waals surface area (Å²) in [6.45, 7) is 3.96. The van der Waals surface area contributed by atoms with Crippen LogP contribution in [0.4, 0.5) is 5.69 Å². The number of carbonyl (C=O) groups is 1. The van der Waals surface area contributed by atoms with Gasteiger partial charge in [0.25, 0.3) is 5.91 Å². The molecule has 0 unspecified atom stereocenters. The number of amides is 1.